The molecule has 1 N–H and O–H groups in total. The highest BCUT2D eigenvalue weighted by atomic mass is 79.9. The molecule has 0 bridgehead atoms. The normalized spacial score (nSPS) is 11.3. The maximum atomic E-state index is 12.4. The number of halogens is 2. The third kappa shape index (κ3) is 2.44. The highest BCUT2D eigenvalue weighted by Crippen LogP contribution is 2.32. The molecule has 0 saturated carbocycles. The molecule has 0 spiro atoms. The molecule has 0 aliphatic heterocycles. The van der Waals surface area contributed by atoms with Gasteiger partial charge in [-0.3, -0.25) is 4.79 Å². The molecule has 120 valence electrons. The fourth-order valence-electron chi connectivity index (χ4n) is 2.57. The standard InChI is InChI=1S/C17H10Br2N2O3/c1-23-9-3-4-12(19)10(7-9)16-20-14-11-6-8(18)2-5-13(11)24-15(14)17(22)21-16/h2-7H,1H3,(H,20,21,22). The van der Waals surface area contributed by atoms with Crippen LogP contribution in [0.2, 0.25) is 0 Å². The Morgan fingerprint density at radius 3 is 2.79 bits per heavy atom. The molecule has 4 aromatic rings. The van der Waals surface area contributed by atoms with Crippen molar-refractivity contribution >= 4 is 53.9 Å². The van der Waals surface area contributed by atoms with Gasteiger partial charge in [0.15, 0.2) is 0 Å². The molecule has 0 aliphatic carbocycles. The molecule has 0 fully saturated rings. The third-order valence-corrected chi connectivity index (χ3v) is 4.90. The molecule has 2 aromatic carbocycles. The molecule has 5 nitrogen and oxygen atoms in total. The van der Waals surface area contributed by atoms with E-state index in [0.717, 1.165) is 19.9 Å². The summed E-state index contributed by atoms with van der Waals surface area (Å²) >= 11 is 6.92. The first-order valence-electron chi connectivity index (χ1n) is 7.03. The van der Waals surface area contributed by atoms with Gasteiger partial charge in [-0.15, -0.1) is 0 Å². The van der Waals surface area contributed by atoms with Gasteiger partial charge in [-0.1, -0.05) is 31.9 Å². The van der Waals surface area contributed by atoms with Crippen LogP contribution in [-0.2, 0) is 0 Å². The predicted molar refractivity (Wildman–Crippen MR) is 99.5 cm³/mol. The Morgan fingerprint density at radius 1 is 1.17 bits per heavy atom. The largest absolute Gasteiger partial charge is 0.497 e. The summed E-state index contributed by atoms with van der Waals surface area (Å²) < 4.78 is 12.6. The summed E-state index contributed by atoms with van der Waals surface area (Å²) in [5.41, 5.74) is 1.77. The van der Waals surface area contributed by atoms with E-state index in [1.165, 1.54) is 0 Å². The SMILES string of the molecule is COc1ccc(Br)c(-c2nc3c(oc4ccc(Br)cc43)c(=O)[nH]2)c1. The molecular weight excluding hydrogens is 440 g/mol. The highest BCUT2D eigenvalue weighted by Gasteiger charge is 2.16. The van der Waals surface area contributed by atoms with Crippen LogP contribution in [0, 0.1) is 0 Å². The number of nitrogens with zero attached hydrogens (tertiary/aromatic N) is 1. The second-order valence-corrected chi connectivity index (χ2v) is 6.95. The lowest BCUT2D eigenvalue weighted by Gasteiger charge is -2.06. The zero-order valence-electron chi connectivity index (χ0n) is 12.4. The number of hydrogen-bond acceptors (Lipinski definition) is 4. The molecule has 24 heavy (non-hydrogen) atoms. The van der Waals surface area contributed by atoms with Crippen LogP contribution in [0.25, 0.3) is 33.5 Å². The van der Waals surface area contributed by atoms with Crippen LogP contribution in [0.15, 0.2) is 54.6 Å². The van der Waals surface area contributed by atoms with Gasteiger partial charge in [0.2, 0.25) is 5.58 Å². The smallest absolute Gasteiger partial charge is 0.294 e. The fraction of sp³-hybridized carbons (Fsp3) is 0.0588. The van der Waals surface area contributed by atoms with Gasteiger partial charge in [-0.05, 0) is 36.4 Å². The van der Waals surface area contributed by atoms with Crippen LogP contribution in [0.1, 0.15) is 0 Å². The van der Waals surface area contributed by atoms with Crippen molar-refractivity contribution in [3.63, 3.8) is 0 Å². The second-order valence-electron chi connectivity index (χ2n) is 5.18. The van der Waals surface area contributed by atoms with Gasteiger partial charge in [-0.25, -0.2) is 4.98 Å². The van der Waals surface area contributed by atoms with E-state index in [-0.39, 0.29) is 11.1 Å². The Hall–Kier alpha value is -2.12. The van der Waals surface area contributed by atoms with Gasteiger partial charge in [0.25, 0.3) is 5.56 Å². The second kappa shape index (κ2) is 5.75. The number of furan rings is 1. The van der Waals surface area contributed by atoms with Gasteiger partial charge < -0.3 is 14.1 Å². The van der Waals surface area contributed by atoms with Crippen molar-refractivity contribution in [2.24, 2.45) is 0 Å². The Bertz CT molecular complexity index is 1150. The molecule has 0 amide bonds. The monoisotopic (exact) mass is 448 g/mol. The Morgan fingerprint density at radius 2 is 2.00 bits per heavy atom. The lowest BCUT2D eigenvalue weighted by molar-refractivity contribution is 0.415. The quantitative estimate of drug-likeness (QED) is 0.474. The molecule has 7 heteroatoms. The van der Waals surface area contributed by atoms with Gasteiger partial charge in [0.1, 0.15) is 22.7 Å². The Kier molecular flexibility index (Phi) is 3.69. The molecule has 2 aromatic heterocycles. The summed E-state index contributed by atoms with van der Waals surface area (Å²) in [4.78, 5) is 19.8. The van der Waals surface area contributed by atoms with E-state index >= 15 is 0 Å². The first-order valence-corrected chi connectivity index (χ1v) is 8.61. The summed E-state index contributed by atoms with van der Waals surface area (Å²) in [6, 6.07) is 11.0. The molecule has 0 saturated heterocycles. The minimum Gasteiger partial charge on any atom is -0.497 e. The lowest BCUT2D eigenvalue weighted by atomic mass is 10.2. The summed E-state index contributed by atoms with van der Waals surface area (Å²) in [7, 11) is 1.59. The number of aromatic amines is 1. The predicted octanol–water partition coefficient (Wildman–Crippen LogP) is 4.87. The molecular formula is C17H10Br2N2O3. The Labute approximate surface area is 152 Å². The zero-order valence-corrected chi connectivity index (χ0v) is 15.6. The molecule has 0 atom stereocenters. The first kappa shape index (κ1) is 15.4. The van der Waals surface area contributed by atoms with Gasteiger partial charge in [0, 0.05) is 19.9 Å². The van der Waals surface area contributed by atoms with Crippen LogP contribution in [0.5, 0.6) is 5.75 Å². The van der Waals surface area contributed by atoms with E-state index in [2.05, 4.69) is 41.8 Å². The maximum Gasteiger partial charge on any atom is 0.294 e. The van der Waals surface area contributed by atoms with Crippen LogP contribution < -0.4 is 10.3 Å². The maximum absolute atomic E-state index is 12.4. The van der Waals surface area contributed by atoms with E-state index in [0.29, 0.717) is 22.7 Å². The number of aromatic nitrogens is 2. The van der Waals surface area contributed by atoms with E-state index in [1.54, 1.807) is 7.11 Å². The van der Waals surface area contributed by atoms with Crippen LogP contribution in [-0.4, -0.2) is 17.1 Å². The number of benzene rings is 2. The zero-order chi connectivity index (χ0) is 16.8. The van der Waals surface area contributed by atoms with Gasteiger partial charge >= 0.3 is 0 Å². The molecule has 0 radical (unpaired) electrons. The summed E-state index contributed by atoms with van der Waals surface area (Å²) in [6.45, 7) is 0. The third-order valence-electron chi connectivity index (χ3n) is 3.71. The lowest BCUT2D eigenvalue weighted by Crippen LogP contribution is -2.08. The summed E-state index contributed by atoms with van der Waals surface area (Å²) in [5, 5.41) is 0.783. The average Bonchev–Trinajstić information content (AvgIpc) is 2.94. The minimum absolute atomic E-state index is 0.214. The van der Waals surface area contributed by atoms with Crippen LogP contribution >= 0.6 is 31.9 Å². The fourth-order valence-corrected chi connectivity index (χ4v) is 3.36. The van der Waals surface area contributed by atoms with Crippen molar-refractivity contribution in [3.8, 4) is 17.1 Å². The number of methoxy groups -OCH3 is 1. The number of H-pyrrole nitrogens is 1. The Balaban J connectivity index is 2.06. The summed E-state index contributed by atoms with van der Waals surface area (Å²) in [5.74, 6) is 1.12. The highest BCUT2D eigenvalue weighted by molar-refractivity contribution is 9.10. The van der Waals surface area contributed by atoms with Crippen molar-refractivity contribution in [1.82, 2.24) is 9.97 Å². The average molecular weight is 450 g/mol. The number of hydrogen-bond donors (Lipinski definition) is 1. The van der Waals surface area contributed by atoms with Crippen molar-refractivity contribution in [1.29, 1.82) is 0 Å². The molecule has 2 heterocycles. The van der Waals surface area contributed by atoms with E-state index < -0.39 is 0 Å². The van der Waals surface area contributed by atoms with Crippen molar-refractivity contribution in [2.45, 2.75) is 0 Å². The van der Waals surface area contributed by atoms with E-state index in [9.17, 15) is 4.79 Å². The summed E-state index contributed by atoms with van der Waals surface area (Å²) in [6.07, 6.45) is 0. The number of nitrogens with one attached hydrogen (secondary N) is 1. The number of ether oxygens (including phenoxy) is 1. The first-order chi connectivity index (χ1) is 11.6. The molecule has 4 rings (SSSR count). The van der Waals surface area contributed by atoms with Crippen LogP contribution in [0.3, 0.4) is 0 Å². The number of rotatable bonds is 2. The topological polar surface area (TPSA) is 68.1 Å². The van der Waals surface area contributed by atoms with Gasteiger partial charge in [-0.2, -0.15) is 0 Å². The van der Waals surface area contributed by atoms with Crippen molar-refractivity contribution in [2.75, 3.05) is 7.11 Å². The number of fused-ring (bicyclic) bond motifs is 3. The van der Waals surface area contributed by atoms with Crippen molar-refractivity contribution < 1.29 is 9.15 Å². The van der Waals surface area contributed by atoms with Gasteiger partial charge in [0.05, 0.1) is 7.11 Å². The van der Waals surface area contributed by atoms with Crippen molar-refractivity contribution in [3.05, 3.63) is 55.7 Å². The van der Waals surface area contributed by atoms with Crippen LogP contribution in [0.4, 0.5) is 0 Å². The van der Waals surface area contributed by atoms with E-state index in [1.807, 2.05) is 36.4 Å². The molecule has 0 unspecified atom stereocenters. The molecule has 0 aliphatic rings. The minimum atomic E-state index is -0.322. The van der Waals surface area contributed by atoms with E-state index in [4.69, 9.17) is 9.15 Å².